The summed E-state index contributed by atoms with van der Waals surface area (Å²) in [5.41, 5.74) is 0. The second-order valence-corrected chi connectivity index (χ2v) is 3.95. The van der Waals surface area contributed by atoms with Gasteiger partial charge in [0, 0.05) is 6.07 Å². The van der Waals surface area contributed by atoms with Gasteiger partial charge in [-0.2, -0.15) is 0 Å². The molecule has 1 aromatic heterocycles. The molecule has 0 atom stereocenters. The third-order valence-corrected chi connectivity index (χ3v) is 1.50. The van der Waals surface area contributed by atoms with Crippen LogP contribution < -0.4 is 4.72 Å². The number of hydrogen-bond acceptors (Lipinski definition) is 4. The highest BCUT2D eigenvalue weighted by Crippen LogP contribution is 2.07. The van der Waals surface area contributed by atoms with Crippen LogP contribution in [-0.4, -0.2) is 19.8 Å². The summed E-state index contributed by atoms with van der Waals surface area (Å²) < 4.78 is 28.0. The molecule has 1 heterocycles. The van der Waals surface area contributed by atoms with Crippen LogP contribution in [0.2, 0.25) is 0 Å². The molecular weight excluding hydrogens is 168 g/mol. The minimum Gasteiger partial charge on any atom is -0.360 e. The first-order chi connectivity index (χ1) is 4.97. The summed E-state index contributed by atoms with van der Waals surface area (Å²) in [5, 5.41) is 3.44. The summed E-state index contributed by atoms with van der Waals surface area (Å²) in [4.78, 5) is 0. The van der Waals surface area contributed by atoms with E-state index in [1.807, 2.05) is 0 Å². The molecule has 0 bridgehead atoms. The van der Waals surface area contributed by atoms with E-state index in [2.05, 4.69) is 14.4 Å². The van der Waals surface area contributed by atoms with E-state index < -0.39 is 10.0 Å². The molecule has 0 amide bonds. The summed E-state index contributed by atoms with van der Waals surface area (Å²) >= 11 is 0. The highest BCUT2D eigenvalue weighted by atomic mass is 32.2. The first-order valence-electron chi connectivity index (χ1n) is 2.88. The van der Waals surface area contributed by atoms with E-state index in [-0.39, 0.29) is 5.82 Å². The Morgan fingerprint density at radius 1 is 1.64 bits per heavy atom. The van der Waals surface area contributed by atoms with Crippen molar-refractivity contribution in [3.05, 3.63) is 11.8 Å². The molecular formula is C5H8N2O3S. The smallest absolute Gasteiger partial charge is 0.231 e. The van der Waals surface area contributed by atoms with E-state index in [9.17, 15) is 8.42 Å². The van der Waals surface area contributed by atoms with Crippen LogP contribution in [0.25, 0.3) is 0 Å². The summed E-state index contributed by atoms with van der Waals surface area (Å²) in [7, 11) is -3.24. The quantitative estimate of drug-likeness (QED) is 0.705. The molecule has 62 valence electrons. The van der Waals surface area contributed by atoms with E-state index >= 15 is 0 Å². The Morgan fingerprint density at radius 3 is 2.64 bits per heavy atom. The van der Waals surface area contributed by atoms with E-state index in [4.69, 9.17) is 0 Å². The molecule has 1 N–H and O–H groups in total. The first kappa shape index (κ1) is 8.06. The Balaban J connectivity index is 2.81. The second kappa shape index (κ2) is 2.54. The van der Waals surface area contributed by atoms with Crippen molar-refractivity contribution in [2.24, 2.45) is 0 Å². The molecule has 0 aliphatic carbocycles. The van der Waals surface area contributed by atoms with E-state index in [0.29, 0.717) is 5.76 Å². The van der Waals surface area contributed by atoms with Crippen LogP contribution in [0.1, 0.15) is 5.76 Å². The largest absolute Gasteiger partial charge is 0.360 e. The SMILES string of the molecule is Cc1cc(NS(C)(=O)=O)no1. The molecule has 0 spiro atoms. The van der Waals surface area contributed by atoms with Crippen LogP contribution >= 0.6 is 0 Å². The van der Waals surface area contributed by atoms with Gasteiger partial charge in [-0.05, 0) is 6.92 Å². The standard InChI is InChI=1S/C5H8N2O3S/c1-4-3-5(6-10-4)7-11(2,8)9/h3H,1-2H3,(H,6,7). The fraction of sp³-hybridized carbons (Fsp3) is 0.400. The average molecular weight is 176 g/mol. The lowest BCUT2D eigenvalue weighted by Gasteiger charge is -1.94. The zero-order valence-electron chi connectivity index (χ0n) is 6.16. The zero-order valence-corrected chi connectivity index (χ0v) is 6.97. The molecule has 0 saturated heterocycles. The van der Waals surface area contributed by atoms with Gasteiger partial charge in [-0.1, -0.05) is 5.16 Å². The molecule has 1 rings (SSSR count). The van der Waals surface area contributed by atoms with Gasteiger partial charge in [0.25, 0.3) is 0 Å². The predicted octanol–water partition coefficient (Wildman–Crippen LogP) is 0.355. The van der Waals surface area contributed by atoms with Crippen molar-refractivity contribution in [1.82, 2.24) is 5.16 Å². The van der Waals surface area contributed by atoms with E-state index in [1.54, 1.807) is 6.92 Å². The number of aromatic nitrogens is 1. The Hall–Kier alpha value is -1.04. The van der Waals surface area contributed by atoms with Crippen molar-refractivity contribution in [2.45, 2.75) is 6.92 Å². The molecule has 0 aromatic carbocycles. The van der Waals surface area contributed by atoms with Crippen molar-refractivity contribution in [1.29, 1.82) is 0 Å². The van der Waals surface area contributed by atoms with Crippen LogP contribution in [0.4, 0.5) is 5.82 Å². The average Bonchev–Trinajstić information content (AvgIpc) is 2.10. The summed E-state index contributed by atoms with van der Waals surface area (Å²) in [6.45, 7) is 1.68. The molecule has 1 aromatic rings. The highest BCUT2D eigenvalue weighted by molar-refractivity contribution is 7.92. The summed E-state index contributed by atoms with van der Waals surface area (Å²) in [6.07, 6.45) is 1.05. The minimum atomic E-state index is -3.24. The van der Waals surface area contributed by atoms with Gasteiger partial charge in [-0.25, -0.2) is 8.42 Å². The van der Waals surface area contributed by atoms with Gasteiger partial charge in [-0.15, -0.1) is 0 Å². The third kappa shape index (κ3) is 2.58. The van der Waals surface area contributed by atoms with Crippen molar-refractivity contribution < 1.29 is 12.9 Å². The monoisotopic (exact) mass is 176 g/mol. The van der Waals surface area contributed by atoms with Crippen LogP contribution in [0.15, 0.2) is 10.6 Å². The molecule has 0 radical (unpaired) electrons. The second-order valence-electron chi connectivity index (χ2n) is 2.20. The molecule has 5 nitrogen and oxygen atoms in total. The zero-order chi connectivity index (χ0) is 8.48. The van der Waals surface area contributed by atoms with Crippen molar-refractivity contribution >= 4 is 15.8 Å². The van der Waals surface area contributed by atoms with Gasteiger partial charge in [0.15, 0.2) is 5.82 Å². The first-order valence-corrected chi connectivity index (χ1v) is 4.77. The van der Waals surface area contributed by atoms with Gasteiger partial charge in [0.2, 0.25) is 10.0 Å². The molecule has 11 heavy (non-hydrogen) atoms. The fourth-order valence-corrected chi connectivity index (χ4v) is 1.08. The van der Waals surface area contributed by atoms with Gasteiger partial charge < -0.3 is 4.52 Å². The molecule has 0 aliphatic rings. The summed E-state index contributed by atoms with van der Waals surface area (Å²) in [5.74, 6) is 0.779. The van der Waals surface area contributed by atoms with Crippen molar-refractivity contribution in [3.63, 3.8) is 0 Å². The normalized spacial score (nSPS) is 11.5. The van der Waals surface area contributed by atoms with Gasteiger partial charge >= 0.3 is 0 Å². The molecule has 0 unspecified atom stereocenters. The van der Waals surface area contributed by atoms with Gasteiger partial charge in [0.1, 0.15) is 5.76 Å². The summed E-state index contributed by atoms with van der Waals surface area (Å²) in [6, 6.07) is 1.50. The highest BCUT2D eigenvalue weighted by Gasteiger charge is 2.04. The number of nitrogens with zero attached hydrogens (tertiary/aromatic N) is 1. The lowest BCUT2D eigenvalue weighted by molar-refractivity contribution is 0.400. The number of nitrogens with one attached hydrogen (secondary N) is 1. The van der Waals surface area contributed by atoms with Crippen LogP contribution in [0.3, 0.4) is 0 Å². The molecule has 6 heteroatoms. The van der Waals surface area contributed by atoms with E-state index in [1.165, 1.54) is 6.07 Å². The van der Waals surface area contributed by atoms with Gasteiger partial charge in [0.05, 0.1) is 6.26 Å². The molecule has 0 aliphatic heterocycles. The Kier molecular flexibility index (Phi) is 1.86. The molecule has 0 fully saturated rings. The maximum absolute atomic E-state index is 10.6. The van der Waals surface area contributed by atoms with Crippen LogP contribution in [-0.2, 0) is 10.0 Å². The number of sulfonamides is 1. The van der Waals surface area contributed by atoms with Crippen LogP contribution in [0.5, 0.6) is 0 Å². The maximum Gasteiger partial charge on any atom is 0.231 e. The Morgan fingerprint density at radius 2 is 2.27 bits per heavy atom. The number of aryl methyl sites for hydroxylation is 1. The topological polar surface area (TPSA) is 72.2 Å². The van der Waals surface area contributed by atoms with Crippen molar-refractivity contribution in [2.75, 3.05) is 11.0 Å². The Labute approximate surface area is 64.4 Å². The third-order valence-electron chi connectivity index (χ3n) is 0.918. The van der Waals surface area contributed by atoms with Gasteiger partial charge in [-0.3, -0.25) is 4.72 Å². The Bertz CT molecular complexity index is 340. The molecule has 0 saturated carbocycles. The number of rotatable bonds is 2. The lowest BCUT2D eigenvalue weighted by Crippen LogP contribution is -2.09. The fourth-order valence-electron chi connectivity index (χ4n) is 0.604. The number of anilines is 1. The van der Waals surface area contributed by atoms with E-state index in [0.717, 1.165) is 6.26 Å². The van der Waals surface area contributed by atoms with Crippen LogP contribution in [0, 0.1) is 6.92 Å². The number of hydrogen-bond donors (Lipinski definition) is 1. The van der Waals surface area contributed by atoms with Crippen molar-refractivity contribution in [3.8, 4) is 0 Å². The minimum absolute atomic E-state index is 0.213. The lowest BCUT2D eigenvalue weighted by atomic mass is 10.5. The maximum atomic E-state index is 10.6. The predicted molar refractivity (Wildman–Crippen MR) is 39.7 cm³/mol.